The van der Waals surface area contributed by atoms with Crippen molar-refractivity contribution in [1.29, 1.82) is 0 Å². The molecule has 21 heavy (non-hydrogen) atoms. The van der Waals surface area contributed by atoms with Crippen LogP contribution >= 0.6 is 0 Å². The van der Waals surface area contributed by atoms with Crippen molar-refractivity contribution in [3.05, 3.63) is 34.9 Å². The van der Waals surface area contributed by atoms with Crippen LogP contribution in [0.5, 0.6) is 0 Å². The van der Waals surface area contributed by atoms with E-state index in [0.717, 1.165) is 25.9 Å². The Kier molecular flexibility index (Phi) is 6.72. The molecule has 2 atom stereocenters. The molecule has 2 unspecified atom stereocenters. The molecule has 1 aromatic rings. The molecule has 1 heterocycles. The molecule has 1 saturated heterocycles. The van der Waals surface area contributed by atoms with E-state index < -0.39 is 0 Å². The van der Waals surface area contributed by atoms with Gasteiger partial charge in [-0.15, -0.1) is 0 Å². The maximum absolute atomic E-state index is 5.86. The minimum atomic E-state index is 0.451. The van der Waals surface area contributed by atoms with E-state index in [1.54, 1.807) is 0 Å². The van der Waals surface area contributed by atoms with Gasteiger partial charge in [-0.2, -0.15) is 0 Å². The van der Waals surface area contributed by atoms with E-state index in [-0.39, 0.29) is 0 Å². The molecule has 1 fully saturated rings. The fourth-order valence-corrected chi connectivity index (χ4v) is 3.40. The van der Waals surface area contributed by atoms with E-state index in [0.29, 0.717) is 12.1 Å². The Morgan fingerprint density at radius 3 is 2.62 bits per heavy atom. The fraction of sp³-hybridized carbons (Fsp3) is 0.684. The van der Waals surface area contributed by atoms with E-state index >= 15 is 0 Å². The number of hydrogen-bond donors (Lipinski definition) is 1. The van der Waals surface area contributed by atoms with Gasteiger partial charge in [-0.1, -0.05) is 32.0 Å². The molecular weight excluding hydrogens is 258 g/mol. The number of rotatable bonds is 7. The molecule has 0 saturated carbocycles. The highest BCUT2D eigenvalue weighted by Crippen LogP contribution is 2.25. The van der Waals surface area contributed by atoms with Crippen LogP contribution in [0.4, 0.5) is 0 Å². The molecule has 1 N–H and O–H groups in total. The first-order chi connectivity index (χ1) is 10.3. The van der Waals surface area contributed by atoms with Crippen LogP contribution in [0.25, 0.3) is 0 Å². The summed E-state index contributed by atoms with van der Waals surface area (Å²) in [6.45, 7) is 5.45. The standard InChI is InChI=1S/C19H31NO/c1-4-15-9-10-17(14-16(15)5-2)19(20-3)12-11-18-8-6-7-13-21-18/h9-10,14,18-20H,4-8,11-13H2,1-3H3. The summed E-state index contributed by atoms with van der Waals surface area (Å²) in [5, 5.41) is 3.49. The van der Waals surface area contributed by atoms with Gasteiger partial charge in [0.15, 0.2) is 0 Å². The molecule has 1 aliphatic heterocycles. The zero-order valence-corrected chi connectivity index (χ0v) is 14.0. The Morgan fingerprint density at radius 2 is 2.00 bits per heavy atom. The van der Waals surface area contributed by atoms with Gasteiger partial charge in [-0.25, -0.2) is 0 Å². The van der Waals surface area contributed by atoms with Gasteiger partial charge >= 0.3 is 0 Å². The third-order valence-corrected chi connectivity index (χ3v) is 4.79. The zero-order chi connectivity index (χ0) is 15.1. The van der Waals surface area contributed by atoms with Gasteiger partial charge in [-0.3, -0.25) is 0 Å². The molecule has 0 spiro atoms. The second-order valence-electron chi connectivity index (χ2n) is 6.14. The molecule has 0 amide bonds. The largest absolute Gasteiger partial charge is 0.378 e. The van der Waals surface area contributed by atoms with Gasteiger partial charge in [0.05, 0.1) is 6.10 Å². The minimum Gasteiger partial charge on any atom is -0.378 e. The first kappa shape index (κ1) is 16.5. The molecule has 0 aromatic heterocycles. The first-order valence-corrected chi connectivity index (χ1v) is 8.69. The van der Waals surface area contributed by atoms with E-state index in [1.807, 2.05) is 0 Å². The van der Waals surface area contributed by atoms with Crippen LogP contribution < -0.4 is 5.32 Å². The molecule has 0 bridgehead atoms. The summed E-state index contributed by atoms with van der Waals surface area (Å²) in [5.41, 5.74) is 4.43. The summed E-state index contributed by atoms with van der Waals surface area (Å²) in [6, 6.07) is 7.48. The van der Waals surface area contributed by atoms with Crippen molar-refractivity contribution in [3.8, 4) is 0 Å². The molecule has 1 aliphatic rings. The fourth-order valence-electron chi connectivity index (χ4n) is 3.40. The summed E-state index contributed by atoms with van der Waals surface area (Å²) in [7, 11) is 2.08. The lowest BCUT2D eigenvalue weighted by Crippen LogP contribution is -2.23. The second-order valence-corrected chi connectivity index (χ2v) is 6.14. The van der Waals surface area contributed by atoms with E-state index in [2.05, 4.69) is 44.4 Å². The van der Waals surface area contributed by atoms with Crippen LogP contribution in [-0.4, -0.2) is 19.8 Å². The SMILES string of the molecule is CCc1ccc(C(CCC2CCCCO2)NC)cc1CC. The van der Waals surface area contributed by atoms with Crippen LogP contribution in [0, 0.1) is 0 Å². The van der Waals surface area contributed by atoms with Gasteiger partial charge < -0.3 is 10.1 Å². The average Bonchev–Trinajstić information content (AvgIpc) is 2.56. The minimum absolute atomic E-state index is 0.451. The second kappa shape index (κ2) is 8.55. The number of hydrogen-bond acceptors (Lipinski definition) is 2. The van der Waals surface area contributed by atoms with Crippen molar-refractivity contribution in [2.24, 2.45) is 0 Å². The Hall–Kier alpha value is -0.860. The van der Waals surface area contributed by atoms with Gasteiger partial charge in [0.1, 0.15) is 0 Å². The van der Waals surface area contributed by atoms with Crippen LogP contribution in [0.2, 0.25) is 0 Å². The predicted molar refractivity (Wildman–Crippen MR) is 89.8 cm³/mol. The average molecular weight is 289 g/mol. The lowest BCUT2D eigenvalue weighted by molar-refractivity contribution is 0.00866. The highest BCUT2D eigenvalue weighted by Gasteiger charge is 2.17. The quantitative estimate of drug-likeness (QED) is 0.802. The van der Waals surface area contributed by atoms with E-state index in [1.165, 1.54) is 42.4 Å². The van der Waals surface area contributed by atoms with Crippen LogP contribution in [-0.2, 0) is 17.6 Å². The Balaban J connectivity index is 1.99. The number of ether oxygens (including phenoxy) is 1. The Bertz CT molecular complexity index is 424. The highest BCUT2D eigenvalue weighted by molar-refractivity contribution is 5.33. The summed E-state index contributed by atoms with van der Waals surface area (Å²) >= 11 is 0. The van der Waals surface area contributed by atoms with E-state index in [4.69, 9.17) is 4.74 Å². The Morgan fingerprint density at radius 1 is 1.19 bits per heavy atom. The summed E-state index contributed by atoms with van der Waals surface area (Å²) < 4.78 is 5.86. The smallest absolute Gasteiger partial charge is 0.0575 e. The van der Waals surface area contributed by atoms with Gasteiger partial charge in [0.2, 0.25) is 0 Å². The van der Waals surface area contributed by atoms with Gasteiger partial charge in [0, 0.05) is 12.6 Å². The molecule has 118 valence electrons. The van der Waals surface area contributed by atoms with Crippen molar-refractivity contribution in [2.45, 2.75) is 70.9 Å². The van der Waals surface area contributed by atoms with Crippen molar-refractivity contribution in [2.75, 3.05) is 13.7 Å². The maximum atomic E-state index is 5.86. The van der Waals surface area contributed by atoms with Crippen molar-refractivity contribution < 1.29 is 4.74 Å². The monoisotopic (exact) mass is 289 g/mol. The van der Waals surface area contributed by atoms with Crippen molar-refractivity contribution >= 4 is 0 Å². The molecule has 0 radical (unpaired) electrons. The zero-order valence-electron chi connectivity index (χ0n) is 14.0. The van der Waals surface area contributed by atoms with Crippen molar-refractivity contribution in [1.82, 2.24) is 5.32 Å². The predicted octanol–water partition coefficient (Wildman–Crippen LogP) is 4.42. The first-order valence-electron chi connectivity index (χ1n) is 8.69. The number of benzene rings is 1. The molecule has 2 nitrogen and oxygen atoms in total. The molecule has 2 rings (SSSR count). The summed E-state index contributed by atoms with van der Waals surface area (Å²) in [5.74, 6) is 0. The lowest BCUT2D eigenvalue weighted by Gasteiger charge is -2.25. The highest BCUT2D eigenvalue weighted by atomic mass is 16.5. The van der Waals surface area contributed by atoms with Crippen molar-refractivity contribution in [3.63, 3.8) is 0 Å². The van der Waals surface area contributed by atoms with Crippen LogP contribution in [0.1, 0.15) is 68.7 Å². The lowest BCUT2D eigenvalue weighted by atomic mass is 9.93. The van der Waals surface area contributed by atoms with Crippen LogP contribution in [0.3, 0.4) is 0 Å². The summed E-state index contributed by atoms with van der Waals surface area (Å²) in [6.07, 6.45) is 8.88. The summed E-state index contributed by atoms with van der Waals surface area (Å²) in [4.78, 5) is 0. The number of nitrogens with one attached hydrogen (secondary N) is 1. The molecule has 0 aliphatic carbocycles. The number of aryl methyl sites for hydroxylation is 2. The molecular formula is C19H31NO. The topological polar surface area (TPSA) is 21.3 Å². The molecule has 1 aromatic carbocycles. The van der Waals surface area contributed by atoms with Gasteiger partial charge in [-0.05, 0) is 68.7 Å². The third kappa shape index (κ3) is 4.55. The third-order valence-electron chi connectivity index (χ3n) is 4.79. The Labute approximate surface area is 130 Å². The maximum Gasteiger partial charge on any atom is 0.0575 e. The van der Waals surface area contributed by atoms with Crippen LogP contribution in [0.15, 0.2) is 18.2 Å². The van der Waals surface area contributed by atoms with E-state index in [9.17, 15) is 0 Å². The normalized spacial score (nSPS) is 20.4. The van der Waals surface area contributed by atoms with Gasteiger partial charge in [0.25, 0.3) is 0 Å². The molecule has 2 heteroatoms.